The van der Waals surface area contributed by atoms with E-state index in [1.165, 1.54) is 4.72 Å². The van der Waals surface area contributed by atoms with Crippen molar-refractivity contribution in [1.82, 2.24) is 9.44 Å². The smallest absolute Gasteiger partial charge is 0.370 e. The maximum atomic E-state index is 13.3. The van der Waals surface area contributed by atoms with Crippen LogP contribution in [0.25, 0.3) is 0 Å². The third kappa shape index (κ3) is 4.04. The van der Waals surface area contributed by atoms with Crippen LogP contribution in [0, 0.1) is 0 Å². The molecule has 1 aliphatic heterocycles. The Hall–Kier alpha value is -1.86. The highest BCUT2D eigenvalue weighted by atomic mass is 32.2. The Labute approximate surface area is 141 Å². The van der Waals surface area contributed by atoms with E-state index in [2.05, 4.69) is 5.32 Å². The average molecular weight is 401 g/mol. The molecule has 0 atom stereocenters. The molecular formula is C12H14F3N3O5S2. The number of alkyl halides is 3. The second-order valence-electron chi connectivity index (χ2n) is 5.12. The molecule has 0 aromatic heterocycles. The first kappa shape index (κ1) is 19.5. The van der Waals surface area contributed by atoms with E-state index in [0.29, 0.717) is 12.1 Å². The summed E-state index contributed by atoms with van der Waals surface area (Å²) in [4.78, 5) is 9.50. The Morgan fingerprint density at radius 2 is 1.96 bits per heavy atom. The van der Waals surface area contributed by atoms with E-state index >= 15 is 0 Å². The monoisotopic (exact) mass is 401 g/mol. The molecule has 0 aliphatic carbocycles. The Balaban J connectivity index is 2.69. The van der Waals surface area contributed by atoms with Crippen LogP contribution >= 0.6 is 0 Å². The average Bonchev–Trinajstić information content (AvgIpc) is 2.44. The Morgan fingerprint density at radius 1 is 1.32 bits per heavy atom. The third-order valence-electron chi connectivity index (χ3n) is 3.23. The lowest BCUT2D eigenvalue weighted by molar-refractivity contribution is -0.140. The van der Waals surface area contributed by atoms with Gasteiger partial charge < -0.3 is 5.32 Å². The fraction of sp³-hybridized carbons (Fsp3) is 0.417. The molecule has 13 heteroatoms. The lowest BCUT2D eigenvalue weighted by atomic mass is 10.2. The number of amides is 1. The van der Waals surface area contributed by atoms with Crippen LogP contribution in [0.2, 0.25) is 0 Å². The molecular weight excluding hydrogens is 387 g/mol. The highest BCUT2D eigenvalue weighted by Crippen LogP contribution is 2.39. The van der Waals surface area contributed by atoms with Crippen LogP contribution in [0.15, 0.2) is 21.9 Å². The zero-order chi connectivity index (χ0) is 19.0. The summed E-state index contributed by atoms with van der Waals surface area (Å²) in [5.74, 6) is -0.993. The summed E-state index contributed by atoms with van der Waals surface area (Å²) < 4.78 is 91.6. The normalized spacial score (nSPS) is 16.6. The zero-order valence-electron chi connectivity index (χ0n) is 12.8. The molecule has 3 N–H and O–H groups in total. The van der Waals surface area contributed by atoms with Crippen molar-refractivity contribution in [2.45, 2.75) is 35.7 Å². The van der Waals surface area contributed by atoms with E-state index in [0.717, 1.165) is 0 Å². The maximum Gasteiger partial charge on any atom is 0.417 e. The predicted molar refractivity (Wildman–Crippen MR) is 80.5 cm³/mol. The van der Waals surface area contributed by atoms with Crippen LogP contribution in [0.5, 0.6) is 0 Å². The molecule has 1 aromatic carbocycles. The minimum atomic E-state index is -5.08. The number of nitrogens with one attached hydrogen (secondary N) is 3. The van der Waals surface area contributed by atoms with E-state index in [1.54, 1.807) is 6.92 Å². The molecule has 0 saturated carbocycles. The summed E-state index contributed by atoms with van der Waals surface area (Å²) in [7, 11) is -9.10. The Morgan fingerprint density at radius 3 is 2.52 bits per heavy atom. The molecule has 140 valence electrons. The number of carbonyl (C=O) groups excluding carboxylic acids is 1. The topological polar surface area (TPSA) is 121 Å². The second kappa shape index (κ2) is 6.46. The number of carbonyl (C=O) groups is 1. The highest BCUT2D eigenvalue weighted by Gasteiger charge is 2.40. The lowest BCUT2D eigenvalue weighted by Gasteiger charge is -2.23. The van der Waals surface area contributed by atoms with E-state index in [9.17, 15) is 34.8 Å². The molecule has 1 aromatic rings. The SMILES string of the molecule is CCCC(=O)NS(=O)(=O)c1cc2c(cc1C(F)(F)F)NCNS2(=O)=O. The molecule has 0 unspecified atom stereocenters. The van der Waals surface area contributed by atoms with Crippen LogP contribution in [0.3, 0.4) is 0 Å². The molecule has 1 aliphatic rings. The van der Waals surface area contributed by atoms with Crippen LogP contribution < -0.4 is 14.8 Å². The van der Waals surface area contributed by atoms with Gasteiger partial charge in [-0.2, -0.15) is 17.9 Å². The molecule has 2 rings (SSSR count). The van der Waals surface area contributed by atoms with Crippen molar-refractivity contribution in [3.63, 3.8) is 0 Å². The zero-order valence-corrected chi connectivity index (χ0v) is 14.4. The van der Waals surface area contributed by atoms with Crippen molar-refractivity contribution in [3.8, 4) is 0 Å². The van der Waals surface area contributed by atoms with Gasteiger partial charge in [0.2, 0.25) is 15.9 Å². The molecule has 1 amide bonds. The first-order valence-corrected chi connectivity index (χ1v) is 9.89. The molecule has 0 spiro atoms. The number of hydrogen-bond donors (Lipinski definition) is 3. The van der Waals surface area contributed by atoms with Gasteiger partial charge in [-0.05, 0) is 18.6 Å². The van der Waals surface area contributed by atoms with Gasteiger partial charge in [-0.15, -0.1) is 0 Å². The van der Waals surface area contributed by atoms with Gasteiger partial charge in [-0.3, -0.25) is 4.79 Å². The highest BCUT2D eigenvalue weighted by molar-refractivity contribution is 7.90. The number of rotatable bonds is 4. The quantitative estimate of drug-likeness (QED) is 0.691. The number of anilines is 1. The first-order valence-electron chi connectivity index (χ1n) is 6.93. The summed E-state index contributed by atoms with van der Waals surface area (Å²) >= 11 is 0. The maximum absolute atomic E-state index is 13.3. The summed E-state index contributed by atoms with van der Waals surface area (Å²) in [6, 6.07) is 0.779. The van der Waals surface area contributed by atoms with Crippen LogP contribution in [0.4, 0.5) is 18.9 Å². The second-order valence-corrected chi connectivity index (χ2v) is 8.51. The number of sulfonamides is 2. The molecule has 0 fully saturated rings. The van der Waals surface area contributed by atoms with Gasteiger partial charge >= 0.3 is 6.18 Å². The fourth-order valence-corrected chi connectivity index (χ4v) is 4.59. The van der Waals surface area contributed by atoms with Crippen molar-refractivity contribution >= 4 is 31.6 Å². The van der Waals surface area contributed by atoms with Crippen molar-refractivity contribution in [2.24, 2.45) is 0 Å². The van der Waals surface area contributed by atoms with Gasteiger partial charge in [0, 0.05) is 6.42 Å². The molecule has 8 nitrogen and oxygen atoms in total. The van der Waals surface area contributed by atoms with Crippen LogP contribution in [-0.2, 0) is 31.0 Å². The van der Waals surface area contributed by atoms with Crippen molar-refractivity contribution in [2.75, 3.05) is 12.0 Å². The third-order valence-corrected chi connectivity index (χ3v) is 6.09. The van der Waals surface area contributed by atoms with E-state index in [1.807, 2.05) is 4.72 Å². The summed E-state index contributed by atoms with van der Waals surface area (Å²) in [5.41, 5.74) is -1.96. The Kier molecular flexibility index (Phi) is 5.03. The van der Waals surface area contributed by atoms with E-state index in [-0.39, 0.29) is 25.2 Å². The minimum Gasteiger partial charge on any atom is -0.370 e. The summed E-state index contributed by atoms with van der Waals surface area (Å²) in [5, 5.41) is 2.40. The van der Waals surface area contributed by atoms with Crippen molar-refractivity contribution in [1.29, 1.82) is 0 Å². The van der Waals surface area contributed by atoms with Gasteiger partial charge in [0.05, 0.1) is 17.9 Å². The van der Waals surface area contributed by atoms with Gasteiger partial charge in [0.15, 0.2) is 0 Å². The van der Waals surface area contributed by atoms with Crippen molar-refractivity contribution < 1.29 is 34.8 Å². The first-order chi connectivity index (χ1) is 11.4. The van der Waals surface area contributed by atoms with Gasteiger partial charge in [-0.1, -0.05) is 6.92 Å². The van der Waals surface area contributed by atoms with Crippen LogP contribution in [-0.4, -0.2) is 29.4 Å². The minimum absolute atomic E-state index is 0.215. The number of fused-ring (bicyclic) bond motifs is 1. The molecule has 0 radical (unpaired) electrons. The number of benzene rings is 1. The predicted octanol–water partition coefficient (Wildman–Crippen LogP) is 0.972. The standard InChI is InChI=1S/C12H14F3N3O5S2/c1-2-3-11(19)18-25(22,23)9-5-10-8(4-7(9)12(13,14)15)16-6-17-24(10,20)21/h4-5,16-17H,2-3,6H2,1H3,(H,18,19). The Bertz CT molecular complexity index is 911. The molecule has 0 bridgehead atoms. The lowest BCUT2D eigenvalue weighted by Crippen LogP contribution is -2.36. The van der Waals surface area contributed by atoms with E-state index in [4.69, 9.17) is 0 Å². The molecule has 25 heavy (non-hydrogen) atoms. The van der Waals surface area contributed by atoms with Gasteiger partial charge in [0.25, 0.3) is 10.0 Å². The fourth-order valence-electron chi connectivity index (χ4n) is 2.15. The molecule has 1 heterocycles. The largest absolute Gasteiger partial charge is 0.417 e. The van der Waals surface area contributed by atoms with Gasteiger partial charge in [0.1, 0.15) is 9.79 Å². The van der Waals surface area contributed by atoms with Crippen molar-refractivity contribution in [3.05, 3.63) is 17.7 Å². The number of hydrogen-bond acceptors (Lipinski definition) is 6. The number of halogens is 3. The van der Waals surface area contributed by atoms with E-state index < -0.39 is 47.5 Å². The summed E-state index contributed by atoms with van der Waals surface area (Å²) in [6.45, 7) is 1.24. The molecule has 0 saturated heterocycles. The summed E-state index contributed by atoms with van der Waals surface area (Å²) in [6.07, 6.45) is -5.02. The van der Waals surface area contributed by atoms with Gasteiger partial charge in [-0.25, -0.2) is 21.6 Å². The van der Waals surface area contributed by atoms with Crippen LogP contribution in [0.1, 0.15) is 25.3 Å².